The molecule has 5 heteroatoms. The molecule has 0 radical (unpaired) electrons. The van der Waals surface area contributed by atoms with Gasteiger partial charge in [-0.1, -0.05) is 13.3 Å². The molecule has 0 aliphatic carbocycles. The summed E-state index contributed by atoms with van der Waals surface area (Å²) in [7, 11) is 0. The monoisotopic (exact) mass is 210 g/mol. The predicted octanol–water partition coefficient (Wildman–Crippen LogP) is 1.10. The van der Waals surface area contributed by atoms with Gasteiger partial charge < -0.3 is 11.5 Å². The molecule has 0 bridgehead atoms. The highest BCUT2D eigenvalue weighted by atomic mass is 16.1. The van der Waals surface area contributed by atoms with Crippen molar-refractivity contribution in [3.63, 3.8) is 0 Å². The minimum atomic E-state index is -0.497. The summed E-state index contributed by atoms with van der Waals surface area (Å²) >= 11 is 0. The number of nitrogens with two attached hydrogens (primary N) is 2. The van der Waals surface area contributed by atoms with E-state index in [9.17, 15) is 4.79 Å². The van der Waals surface area contributed by atoms with Gasteiger partial charge in [0.15, 0.2) is 0 Å². The lowest BCUT2D eigenvalue weighted by Crippen LogP contribution is -2.15. The molecular weight excluding hydrogens is 192 g/mol. The molecule has 1 heterocycles. The molecule has 15 heavy (non-hydrogen) atoms. The fraction of sp³-hybridized carbons (Fsp3) is 0.600. The van der Waals surface area contributed by atoms with Crippen LogP contribution in [0, 0.1) is 0 Å². The Hall–Kier alpha value is -1.52. The van der Waals surface area contributed by atoms with Crippen LogP contribution in [0.2, 0.25) is 0 Å². The van der Waals surface area contributed by atoms with Crippen molar-refractivity contribution in [2.24, 2.45) is 5.73 Å². The number of hydrogen-bond donors (Lipinski definition) is 2. The number of hydrogen-bond acceptors (Lipinski definition) is 3. The largest absolute Gasteiger partial charge is 0.383 e. The van der Waals surface area contributed by atoms with Crippen molar-refractivity contribution in [2.75, 3.05) is 5.73 Å². The Morgan fingerprint density at radius 3 is 2.53 bits per heavy atom. The van der Waals surface area contributed by atoms with Crippen LogP contribution in [0.5, 0.6) is 0 Å². The number of carbonyl (C=O) groups is 1. The van der Waals surface area contributed by atoms with Gasteiger partial charge >= 0.3 is 0 Å². The van der Waals surface area contributed by atoms with Crippen LogP contribution in [-0.2, 0) is 6.42 Å². The molecule has 0 fully saturated rings. The lowest BCUT2D eigenvalue weighted by Gasteiger charge is -2.06. The average molecular weight is 210 g/mol. The van der Waals surface area contributed by atoms with Crippen molar-refractivity contribution in [2.45, 2.75) is 39.7 Å². The number of aromatic nitrogens is 2. The first-order valence-electron chi connectivity index (χ1n) is 5.15. The topological polar surface area (TPSA) is 86.9 Å². The van der Waals surface area contributed by atoms with Gasteiger partial charge in [-0.3, -0.25) is 4.79 Å². The number of anilines is 1. The van der Waals surface area contributed by atoms with E-state index in [1.807, 2.05) is 20.8 Å². The molecule has 1 aromatic rings. The summed E-state index contributed by atoms with van der Waals surface area (Å²) in [5.41, 5.74) is 12.2. The van der Waals surface area contributed by atoms with E-state index >= 15 is 0 Å². The third-order valence-corrected chi connectivity index (χ3v) is 2.24. The van der Waals surface area contributed by atoms with Crippen LogP contribution in [0.3, 0.4) is 0 Å². The van der Waals surface area contributed by atoms with Crippen molar-refractivity contribution < 1.29 is 4.79 Å². The van der Waals surface area contributed by atoms with Gasteiger partial charge in [-0.25, -0.2) is 4.68 Å². The summed E-state index contributed by atoms with van der Waals surface area (Å²) in [5.74, 6) is -0.121. The SMILES string of the molecule is CCCc1nn(C(C)C)c(N)c1C(N)=O. The van der Waals surface area contributed by atoms with Crippen LogP contribution in [-0.4, -0.2) is 15.7 Å². The number of carbonyl (C=O) groups excluding carboxylic acids is 1. The van der Waals surface area contributed by atoms with Crippen molar-refractivity contribution in [1.29, 1.82) is 0 Å². The second-order valence-electron chi connectivity index (χ2n) is 3.86. The van der Waals surface area contributed by atoms with E-state index < -0.39 is 5.91 Å². The molecule has 0 saturated carbocycles. The molecule has 0 aliphatic heterocycles. The predicted molar refractivity (Wildman–Crippen MR) is 59.5 cm³/mol. The van der Waals surface area contributed by atoms with Gasteiger partial charge in [0.2, 0.25) is 0 Å². The van der Waals surface area contributed by atoms with Gasteiger partial charge in [-0.2, -0.15) is 5.10 Å². The fourth-order valence-corrected chi connectivity index (χ4v) is 1.57. The first-order valence-corrected chi connectivity index (χ1v) is 5.15. The molecule has 1 aromatic heterocycles. The van der Waals surface area contributed by atoms with Gasteiger partial charge in [0.1, 0.15) is 11.4 Å². The van der Waals surface area contributed by atoms with Gasteiger partial charge in [-0.05, 0) is 20.3 Å². The number of amides is 1. The summed E-state index contributed by atoms with van der Waals surface area (Å²) in [6.07, 6.45) is 1.64. The first-order chi connectivity index (χ1) is 6.99. The van der Waals surface area contributed by atoms with Crippen LogP contribution >= 0.6 is 0 Å². The van der Waals surface area contributed by atoms with Crippen LogP contribution in [0.25, 0.3) is 0 Å². The average Bonchev–Trinajstić information content (AvgIpc) is 2.43. The van der Waals surface area contributed by atoms with E-state index in [1.54, 1.807) is 4.68 Å². The highest BCUT2D eigenvalue weighted by Gasteiger charge is 2.20. The molecule has 1 rings (SSSR count). The zero-order chi connectivity index (χ0) is 11.6. The second-order valence-corrected chi connectivity index (χ2v) is 3.86. The van der Waals surface area contributed by atoms with E-state index in [2.05, 4.69) is 5.10 Å². The molecule has 5 nitrogen and oxygen atoms in total. The summed E-state index contributed by atoms with van der Waals surface area (Å²) in [5, 5.41) is 4.31. The van der Waals surface area contributed by atoms with Crippen LogP contribution in [0.15, 0.2) is 0 Å². The Bertz CT molecular complexity index is 368. The molecule has 4 N–H and O–H groups in total. The minimum Gasteiger partial charge on any atom is -0.383 e. The zero-order valence-corrected chi connectivity index (χ0v) is 9.45. The fourth-order valence-electron chi connectivity index (χ4n) is 1.57. The van der Waals surface area contributed by atoms with Crippen LogP contribution in [0.1, 0.15) is 49.3 Å². The number of primary amides is 1. The van der Waals surface area contributed by atoms with Crippen molar-refractivity contribution in [3.8, 4) is 0 Å². The van der Waals surface area contributed by atoms with Gasteiger partial charge in [0, 0.05) is 6.04 Å². The molecule has 0 aromatic carbocycles. The minimum absolute atomic E-state index is 0.133. The maximum absolute atomic E-state index is 11.2. The van der Waals surface area contributed by atoms with Crippen molar-refractivity contribution in [1.82, 2.24) is 9.78 Å². The Kier molecular flexibility index (Phi) is 3.34. The molecule has 0 unspecified atom stereocenters. The van der Waals surface area contributed by atoms with E-state index in [0.29, 0.717) is 17.1 Å². The third kappa shape index (κ3) is 2.11. The summed E-state index contributed by atoms with van der Waals surface area (Å²) in [6, 6.07) is 0.133. The Morgan fingerprint density at radius 2 is 2.13 bits per heavy atom. The van der Waals surface area contributed by atoms with E-state index in [4.69, 9.17) is 11.5 Å². The number of nitrogen functional groups attached to an aromatic ring is 1. The quantitative estimate of drug-likeness (QED) is 0.780. The Balaban J connectivity index is 3.26. The van der Waals surface area contributed by atoms with Crippen molar-refractivity contribution in [3.05, 3.63) is 11.3 Å². The highest BCUT2D eigenvalue weighted by Crippen LogP contribution is 2.21. The molecule has 0 saturated heterocycles. The lowest BCUT2D eigenvalue weighted by atomic mass is 10.1. The van der Waals surface area contributed by atoms with E-state index in [1.165, 1.54) is 0 Å². The molecule has 0 atom stereocenters. The van der Waals surface area contributed by atoms with Gasteiger partial charge in [0.25, 0.3) is 5.91 Å². The molecule has 0 aliphatic rings. The van der Waals surface area contributed by atoms with Crippen LogP contribution in [0.4, 0.5) is 5.82 Å². The maximum atomic E-state index is 11.2. The zero-order valence-electron chi connectivity index (χ0n) is 9.45. The van der Waals surface area contributed by atoms with Gasteiger partial charge in [0.05, 0.1) is 5.69 Å². The van der Waals surface area contributed by atoms with Gasteiger partial charge in [-0.15, -0.1) is 0 Å². The molecular formula is C10H18N4O. The van der Waals surface area contributed by atoms with E-state index in [-0.39, 0.29) is 6.04 Å². The maximum Gasteiger partial charge on any atom is 0.254 e. The second kappa shape index (κ2) is 4.33. The third-order valence-electron chi connectivity index (χ3n) is 2.24. The van der Waals surface area contributed by atoms with E-state index in [0.717, 1.165) is 12.8 Å². The summed E-state index contributed by atoms with van der Waals surface area (Å²) in [4.78, 5) is 11.2. The Morgan fingerprint density at radius 1 is 1.53 bits per heavy atom. The smallest absolute Gasteiger partial charge is 0.254 e. The first kappa shape index (κ1) is 11.6. The van der Waals surface area contributed by atoms with Crippen LogP contribution < -0.4 is 11.5 Å². The standard InChI is InChI=1S/C10H18N4O/c1-4-5-7-8(10(12)15)9(11)14(13-7)6(2)3/h6H,4-5,11H2,1-3H3,(H2,12,15). The number of rotatable bonds is 4. The normalized spacial score (nSPS) is 10.9. The molecule has 1 amide bonds. The number of nitrogens with zero attached hydrogens (tertiary/aromatic N) is 2. The summed E-state index contributed by atoms with van der Waals surface area (Å²) in [6.45, 7) is 5.95. The number of aryl methyl sites for hydroxylation is 1. The molecule has 0 spiro atoms. The molecule has 84 valence electrons. The Labute approximate surface area is 89.4 Å². The lowest BCUT2D eigenvalue weighted by molar-refractivity contribution is 0.1000. The highest BCUT2D eigenvalue weighted by molar-refractivity contribution is 5.98. The van der Waals surface area contributed by atoms with Crippen molar-refractivity contribution >= 4 is 11.7 Å². The summed E-state index contributed by atoms with van der Waals surface area (Å²) < 4.78 is 1.64.